The van der Waals surface area contributed by atoms with Crippen LogP contribution in [0, 0.1) is 47.8 Å². The van der Waals surface area contributed by atoms with Gasteiger partial charge >= 0.3 is 36.8 Å². The van der Waals surface area contributed by atoms with E-state index in [0.29, 0.717) is 40.4 Å². The van der Waals surface area contributed by atoms with Crippen LogP contribution < -0.4 is 30.1 Å². The number of nitrogens with two attached hydrogens (primary N) is 1. The van der Waals surface area contributed by atoms with Gasteiger partial charge in [-0.25, -0.2) is 23.7 Å². The molecule has 0 unspecified atom stereocenters. The van der Waals surface area contributed by atoms with Crippen LogP contribution in [0.5, 0.6) is 0 Å². The van der Waals surface area contributed by atoms with E-state index in [2.05, 4.69) is 20.4 Å². The summed E-state index contributed by atoms with van der Waals surface area (Å²) < 4.78 is 12.2. The third-order valence-corrected chi connectivity index (χ3v) is 6.94. The smallest absolute Gasteiger partial charge is 0.870 e. The molecule has 2 heterocycles. The van der Waals surface area contributed by atoms with Crippen LogP contribution >= 0.6 is 12.4 Å². The first kappa shape index (κ1) is 61.6. The van der Waals surface area contributed by atoms with Gasteiger partial charge in [0.05, 0.1) is 77.3 Å². The van der Waals surface area contributed by atoms with Gasteiger partial charge in [-0.05, 0) is 120 Å². The number of ether oxygens (including phenoxy) is 2. The predicted octanol–water partition coefficient (Wildman–Crippen LogP) is 3.44. The van der Waals surface area contributed by atoms with E-state index in [1.54, 1.807) is 99.6 Å². The normalized spacial score (nSPS) is 8.69. The largest absolute Gasteiger partial charge is 1.00 e. The average molecular weight is 866 g/mol. The van der Waals surface area contributed by atoms with Crippen molar-refractivity contribution in [3.8, 4) is 29.6 Å². The molecule has 5 N–H and O–H groups in total. The first-order valence-electron chi connectivity index (χ1n) is 16.9. The van der Waals surface area contributed by atoms with E-state index < -0.39 is 23.7 Å². The second-order valence-electron chi connectivity index (χ2n) is 11.4. The Morgan fingerprint density at radius 2 is 1.08 bits per heavy atom. The summed E-state index contributed by atoms with van der Waals surface area (Å²) in [7, 11) is 0. The van der Waals surface area contributed by atoms with Gasteiger partial charge in [0.1, 0.15) is 5.78 Å². The number of ketones is 2. The maximum absolute atomic E-state index is 11.8. The summed E-state index contributed by atoms with van der Waals surface area (Å²) in [6, 6.07) is 29.6. The van der Waals surface area contributed by atoms with Gasteiger partial charge in [-0.1, -0.05) is 14.9 Å². The summed E-state index contributed by atoms with van der Waals surface area (Å²) in [6.45, 7) is 8.61. The third-order valence-electron chi connectivity index (χ3n) is 6.94. The van der Waals surface area contributed by atoms with Gasteiger partial charge in [0.25, 0.3) is 0 Å². The fourth-order valence-electron chi connectivity index (χ4n) is 4.40. The van der Waals surface area contributed by atoms with E-state index in [4.69, 9.17) is 31.5 Å². The first-order chi connectivity index (χ1) is 27.2. The molecule has 0 amide bonds. The Morgan fingerprint density at radius 1 is 0.710 bits per heavy atom. The number of carbonyl (C=O) groups is 5. The van der Waals surface area contributed by atoms with Gasteiger partial charge in [-0.3, -0.25) is 15.4 Å². The molecule has 0 aliphatic rings. The first-order valence-corrected chi connectivity index (χ1v) is 16.9. The topological polar surface area (TPSA) is 299 Å². The number of aryl methyl sites for hydroxylation is 2. The number of nitriles is 3. The number of benzene rings is 3. The average Bonchev–Trinajstić information content (AvgIpc) is 3.81. The quantitative estimate of drug-likeness (QED) is 0.0452. The van der Waals surface area contributed by atoms with E-state index in [1.807, 2.05) is 25.1 Å². The molecule has 18 nitrogen and oxygen atoms in total. The molecular formula is C42H49ClLiN9O9. The van der Waals surface area contributed by atoms with Crippen LogP contribution in [-0.2, 0) is 23.9 Å². The number of esters is 2. The number of carboxylic acid groups (broad SMARTS) is 1. The zero-order valence-electron chi connectivity index (χ0n) is 33.6. The molecule has 0 radical (unpaired) electrons. The molecule has 0 saturated heterocycles. The number of hydrogen-bond donors (Lipinski definition) is 3. The Bertz CT molecular complexity index is 2310. The number of anilines is 1. The van der Waals surface area contributed by atoms with Crippen molar-refractivity contribution in [2.75, 3.05) is 18.6 Å². The van der Waals surface area contributed by atoms with E-state index in [1.165, 1.54) is 22.4 Å². The van der Waals surface area contributed by atoms with Gasteiger partial charge < -0.3 is 25.5 Å². The van der Waals surface area contributed by atoms with Crippen LogP contribution in [-0.4, -0.2) is 72.8 Å². The third kappa shape index (κ3) is 19.8. The fraction of sp³-hybridized carbons (Fsp3) is 0.238. The zero-order valence-corrected chi connectivity index (χ0v) is 34.4. The van der Waals surface area contributed by atoms with Crippen molar-refractivity contribution in [1.82, 2.24) is 19.6 Å². The Hall–Kier alpha value is -7.09. The minimum Gasteiger partial charge on any atom is -0.870 e. The number of carbonyl (C=O) groups excluding carboxylic acids is 4. The number of nitrogen functional groups attached to an aromatic ring is 1. The second kappa shape index (κ2) is 31.8. The molecule has 5 aromatic rings. The van der Waals surface area contributed by atoms with E-state index in [0.717, 1.165) is 17.1 Å². The summed E-state index contributed by atoms with van der Waals surface area (Å²) in [5, 5.41) is 43.3. The maximum Gasteiger partial charge on any atom is 1.00 e. The molecule has 0 fully saturated rings. The molecule has 0 atom stereocenters. The molecule has 0 aliphatic heterocycles. The van der Waals surface area contributed by atoms with Crippen molar-refractivity contribution in [2.24, 2.45) is 5.84 Å². The number of nitrogens with one attached hydrogen (secondary N) is 1. The number of Topliss-reactive ketones (excluding diaryl/α,β-unsaturated/α-hetero) is 2. The van der Waals surface area contributed by atoms with Crippen molar-refractivity contribution in [3.63, 3.8) is 0 Å². The predicted molar refractivity (Wildman–Crippen MR) is 227 cm³/mol. The van der Waals surface area contributed by atoms with Gasteiger partial charge in [0, 0.05) is 5.69 Å². The zero-order chi connectivity index (χ0) is 42.5. The number of aromatic nitrogens is 4. The van der Waals surface area contributed by atoms with Crippen molar-refractivity contribution in [3.05, 3.63) is 124 Å². The number of rotatable bonds is 10. The summed E-state index contributed by atoms with van der Waals surface area (Å²) in [5.74, 6) is 1.63. The number of hydrogen-bond acceptors (Lipinski definition) is 15. The van der Waals surface area contributed by atoms with Crippen molar-refractivity contribution >= 4 is 47.6 Å². The Morgan fingerprint density at radius 3 is 1.42 bits per heavy atom. The molecular weight excluding hydrogens is 817 g/mol. The van der Waals surface area contributed by atoms with Crippen molar-refractivity contribution < 1.29 is 62.9 Å². The summed E-state index contributed by atoms with van der Waals surface area (Å²) >= 11 is 0. The van der Waals surface area contributed by atoms with Gasteiger partial charge in [-0.15, -0.1) is 12.4 Å². The molecule has 2 aromatic heterocycles. The molecule has 20 heteroatoms. The van der Waals surface area contributed by atoms with Gasteiger partial charge in [-0.2, -0.15) is 26.0 Å². The summed E-state index contributed by atoms with van der Waals surface area (Å²) in [4.78, 5) is 54.4. The Labute approximate surface area is 378 Å². The number of nitrogens with zero attached hydrogens (tertiary/aromatic N) is 7. The number of aromatic carboxylic acids is 1. The molecule has 0 aliphatic carbocycles. The van der Waals surface area contributed by atoms with Crippen LogP contribution in [0.4, 0.5) is 5.69 Å². The van der Waals surface area contributed by atoms with E-state index in [-0.39, 0.29) is 76.1 Å². The fourth-order valence-corrected chi connectivity index (χ4v) is 4.40. The summed E-state index contributed by atoms with van der Waals surface area (Å²) in [6.07, 6.45) is -0.362. The van der Waals surface area contributed by atoms with Crippen molar-refractivity contribution in [2.45, 2.75) is 55.9 Å². The molecule has 3 aromatic carbocycles. The van der Waals surface area contributed by atoms with Crippen LogP contribution in [0.15, 0.2) is 84.9 Å². The molecule has 62 heavy (non-hydrogen) atoms. The Kier molecular flexibility index (Phi) is 31.6. The maximum atomic E-state index is 11.8. The molecule has 324 valence electrons. The van der Waals surface area contributed by atoms with Crippen LogP contribution in [0.1, 0.15) is 91.1 Å². The summed E-state index contributed by atoms with van der Waals surface area (Å²) in [5.41, 5.74) is 8.18. The van der Waals surface area contributed by atoms with E-state index >= 15 is 0 Å². The number of hydrazine groups is 1. The Balaban J connectivity index is -0.000000364. The van der Waals surface area contributed by atoms with Gasteiger partial charge in [0.2, 0.25) is 5.78 Å². The SMILES string of the molecule is C.C.CCOC(=O)C(=O)CC(C)=O.CCOC(=O)c1cc(C)nn1-c1ccc(C#N)cc1.Cc1cc(C(=O)O)n(-c2ccc(C#N)cc2)n1.Cl.N#Cc1ccc(NN)cc1.[Li+].[OH-]. The minimum atomic E-state index is -1.03. The van der Waals surface area contributed by atoms with E-state index in [9.17, 15) is 24.0 Å². The molecule has 0 bridgehead atoms. The standard InChI is InChI=1S/C14H13N3O2.C12H9N3O2.C7H7N3.C7H10O4.2CH4.ClH.Li.H2O/c1-3-19-14(18)13-8-10(2)16-17(13)12-6-4-11(9-15)5-7-12;1-8-6-11(12(16)17)15(14-8)10-4-2-9(7-13)3-5-10;8-5-6-1-3-7(10-9)4-2-6;1-3-11-7(10)6(9)4-5(2)8;;;;;/h4-8H,3H2,1-2H3;2-6H,1H3,(H,16,17);1-4,10H,9H2;3-4H2,1-2H3;2*1H4;1H;;1H2/q;;;;;;;+1;/p-1. The van der Waals surface area contributed by atoms with Crippen LogP contribution in [0.2, 0.25) is 0 Å². The second-order valence-corrected chi connectivity index (χ2v) is 11.4. The van der Waals surface area contributed by atoms with Crippen molar-refractivity contribution in [1.29, 1.82) is 15.8 Å². The molecule has 0 spiro atoms. The van der Waals surface area contributed by atoms with Crippen LogP contribution in [0.25, 0.3) is 11.4 Å². The van der Waals surface area contributed by atoms with Crippen LogP contribution in [0.3, 0.4) is 0 Å². The van der Waals surface area contributed by atoms with Gasteiger partial charge in [0.15, 0.2) is 11.4 Å². The minimum absolute atomic E-state index is 0. The number of halogens is 1. The molecule has 5 rings (SSSR count). The number of carboxylic acids is 1. The monoisotopic (exact) mass is 865 g/mol. The molecule has 0 saturated carbocycles.